The summed E-state index contributed by atoms with van der Waals surface area (Å²) < 4.78 is 0. The Labute approximate surface area is 70.5 Å². The summed E-state index contributed by atoms with van der Waals surface area (Å²) in [5, 5.41) is 3.41. The lowest BCUT2D eigenvalue weighted by Gasteiger charge is -2.13. The van der Waals surface area contributed by atoms with Crippen molar-refractivity contribution in [2.45, 2.75) is 39.7 Å². The SMILES string of the molecule is CC(CCCN)CNC(C)C. The first-order chi connectivity index (χ1) is 5.16. The van der Waals surface area contributed by atoms with E-state index in [9.17, 15) is 0 Å². The molecule has 2 heteroatoms. The van der Waals surface area contributed by atoms with Gasteiger partial charge in [0, 0.05) is 6.04 Å². The molecule has 0 aromatic carbocycles. The minimum Gasteiger partial charge on any atom is -0.330 e. The van der Waals surface area contributed by atoms with Gasteiger partial charge in [0.05, 0.1) is 0 Å². The molecule has 68 valence electrons. The second kappa shape index (κ2) is 6.62. The molecule has 0 bridgehead atoms. The standard InChI is InChI=1S/C9H22N2/c1-8(2)11-7-9(3)5-4-6-10/h8-9,11H,4-7,10H2,1-3H3. The summed E-state index contributed by atoms with van der Waals surface area (Å²) in [5.74, 6) is 0.765. The maximum atomic E-state index is 5.41. The van der Waals surface area contributed by atoms with Crippen LogP contribution in [0.5, 0.6) is 0 Å². The maximum absolute atomic E-state index is 5.41. The first-order valence-corrected chi connectivity index (χ1v) is 4.60. The van der Waals surface area contributed by atoms with Crippen LogP contribution in [-0.2, 0) is 0 Å². The zero-order chi connectivity index (χ0) is 8.69. The zero-order valence-electron chi connectivity index (χ0n) is 8.06. The van der Waals surface area contributed by atoms with E-state index in [4.69, 9.17) is 5.73 Å². The van der Waals surface area contributed by atoms with Gasteiger partial charge in [0.1, 0.15) is 0 Å². The molecule has 0 fully saturated rings. The molecule has 0 rings (SSSR count). The van der Waals surface area contributed by atoms with Crippen LogP contribution in [-0.4, -0.2) is 19.1 Å². The fraction of sp³-hybridized carbons (Fsp3) is 1.00. The summed E-state index contributed by atoms with van der Waals surface area (Å²) in [6.07, 6.45) is 2.40. The molecule has 0 aliphatic heterocycles. The number of hydrogen-bond acceptors (Lipinski definition) is 2. The number of nitrogens with one attached hydrogen (secondary N) is 1. The maximum Gasteiger partial charge on any atom is 0.00104 e. The first-order valence-electron chi connectivity index (χ1n) is 4.60. The van der Waals surface area contributed by atoms with Crippen molar-refractivity contribution in [3.05, 3.63) is 0 Å². The van der Waals surface area contributed by atoms with Crippen molar-refractivity contribution in [2.75, 3.05) is 13.1 Å². The molecule has 2 nitrogen and oxygen atoms in total. The quantitative estimate of drug-likeness (QED) is 0.612. The van der Waals surface area contributed by atoms with Crippen molar-refractivity contribution in [1.82, 2.24) is 5.32 Å². The molecular weight excluding hydrogens is 136 g/mol. The third kappa shape index (κ3) is 7.82. The lowest BCUT2D eigenvalue weighted by molar-refractivity contribution is 0.445. The molecule has 0 amide bonds. The highest BCUT2D eigenvalue weighted by atomic mass is 14.9. The number of hydrogen-bond donors (Lipinski definition) is 2. The van der Waals surface area contributed by atoms with Crippen LogP contribution in [0.3, 0.4) is 0 Å². The van der Waals surface area contributed by atoms with E-state index in [1.807, 2.05) is 0 Å². The molecule has 0 heterocycles. The van der Waals surface area contributed by atoms with Gasteiger partial charge in [-0.1, -0.05) is 20.8 Å². The average Bonchev–Trinajstić information content (AvgIpc) is 1.97. The van der Waals surface area contributed by atoms with Gasteiger partial charge >= 0.3 is 0 Å². The summed E-state index contributed by atoms with van der Waals surface area (Å²) in [5.41, 5.74) is 5.41. The normalized spacial score (nSPS) is 13.9. The van der Waals surface area contributed by atoms with Crippen LogP contribution in [0.15, 0.2) is 0 Å². The molecule has 0 saturated carbocycles. The van der Waals surface area contributed by atoms with Crippen LogP contribution in [0.2, 0.25) is 0 Å². The molecular formula is C9H22N2. The highest BCUT2D eigenvalue weighted by Crippen LogP contribution is 2.02. The smallest absolute Gasteiger partial charge is 0.00104 e. The van der Waals surface area contributed by atoms with Crippen molar-refractivity contribution in [1.29, 1.82) is 0 Å². The molecule has 0 aliphatic rings. The fourth-order valence-electron chi connectivity index (χ4n) is 1.01. The van der Waals surface area contributed by atoms with Gasteiger partial charge in [-0.05, 0) is 31.8 Å². The Bertz CT molecular complexity index is 81.6. The average molecular weight is 158 g/mol. The third-order valence-electron chi connectivity index (χ3n) is 1.78. The third-order valence-corrected chi connectivity index (χ3v) is 1.78. The van der Waals surface area contributed by atoms with Crippen LogP contribution in [0.4, 0.5) is 0 Å². The van der Waals surface area contributed by atoms with Gasteiger partial charge in [-0.25, -0.2) is 0 Å². The van der Waals surface area contributed by atoms with E-state index < -0.39 is 0 Å². The minimum atomic E-state index is 0.607. The van der Waals surface area contributed by atoms with E-state index in [2.05, 4.69) is 26.1 Å². The van der Waals surface area contributed by atoms with E-state index in [-0.39, 0.29) is 0 Å². The Morgan fingerprint density at radius 1 is 1.27 bits per heavy atom. The predicted molar refractivity (Wildman–Crippen MR) is 50.6 cm³/mol. The highest BCUT2D eigenvalue weighted by Gasteiger charge is 2.01. The molecule has 3 N–H and O–H groups in total. The molecule has 1 unspecified atom stereocenters. The Hall–Kier alpha value is -0.0800. The Balaban J connectivity index is 3.15. The number of nitrogens with two attached hydrogens (primary N) is 1. The Morgan fingerprint density at radius 2 is 1.91 bits per heavy atom. The summed E-state index contributed by atoms with van der Waals surface area (Å²) in [4.78, 5) is 0. The van der Waals surface area contributed by atoms with Crippen molar-refractivity contribution < 1.29 is 0 Å². The summed E-state index contributed by atoms with van der Waals surface area (Å²) in [6, 6.07) is 0.607. The molecule has 11 heavy (non-hydrogen) atoms. The summed E-state index contributed by atoms with van der Waals surface area (Å²) in [6.45, 7) is 8.57. The van der Waals surface area contributed by atoms with Gasteiger partial charge in [0.15, 0.2) is 0 Å². The molecule has 1 atom stereocenters. The second-order valence-electron chi connectivity index (χ2n) is 3.60. The second-order valence-corrected chi connectivity index (χ2v) is 3.60. The van der Waals surface area contributed by atoms with Gasteiger partial charge in [-0.2, -0.15) is 0 Å². The monoisotopic (exact) mass is 158 g/mol. The van der Waals surface area contributed by atoms with Gasteiger partial charge < -0.3 is 11.1 Å². The van der Waals surface area contributed by atoms with Crippen LogP contribution in [0, 0.1) is 5.92 Å². The predicted octanol–water partition coefficient (Wildman–Crippen LogP) is 1.36. The minimum absolute atomic E-state index is 0.607. The first kappa shape index (κ1) is 10.9. The van der Waals surface area contributed by atoms with Crippen molar-refractivity contribution in [3.8, 4) is 0 Å². The van der Waals surface area contributed by atoms with Crippen LogP contribution in [0.1, 0.15) is 33.6 Å². The zero-order valence-corrected chi connectivity index (χ0v) is 8.06. The van der Waals surface area contributed by atoms with E-state index in [0.717, 1.165) is 25.4 Å². The fourth-order valence-corrected chi connectivity index (χ4v) is 1.01. The molecule has 0 spiro atoms. The van der Waals surface area contributed by atoms with Crippen molar-refractivity contribution >= 4 is 0 Å². The lowest BCUT2D eigenvalue weighted by Crippen LogP contribution is -2.28. The largest absolute Gasteiger partial charge is 0.330 e. The van der Waals surface area contributed by atoms with E-state index in [1.165, 1.54) is 6.42 Å². The Morgan fingerprint density at radius 3 is 2.36 bits per heavy atom. The van der Waals surface area contributed by atoms with Crippen molar-refractivity contribution in [2.24, 2.45) is 11.7 Å². The molecule has 0 aromatic heterocycles. The summed E-state index contributed by atoms with van der Waals surface area (Å²) >= 11 is 0. The molecule has 0 aliphatic carbocycles. The van der Waals surface area contributed by atoms with Crippen LogP contribution < -0.4 is 11.1 Å². The molecule has 0 saturated heterocycles. The number of rotatable bonds is 6. The van der Waals surface area contributed by atoms with Gasteiger partial charge in [-0.15, -0.1) is 0 Å². The van der Waals surface area contributed by atoms with E-state index >= 15 is 0 Å². The van der Waals surface area contributed by atoms with Gasteiger partial charge in [0.25, 0.3) is 0 Å². The molecule has 0 aromatic rings. The van der Waals surface area contributed by atoms with Crippen LogP contribution in [0.25, 0.3) is 0 Å². The van der Waals surface area contributed by atoms with Crippen LogP contribution >= 0.6 is 0 Å². The highest BCUT2D eigenvalue weighted by molar-refractivity contribution is 4.59. The molecule has 0 radical (unpaired) electrons. The lowest BCUT2D eigenvalue weighted by atomic mass is 10.1. The van der Waals surface area contributed by atoms with Gasteiger partial charge in [0.2, 0.25) is 0 Å². The summed E-state index contributed by atoms with van der Waals surface area (Å²) in [7, 11) is 0. The van der Waals surface area contributed by atoms with E-state index in [0.29, 0.717) is 6.04 Å². The topological polar surface area (TPSA) is 38.0 Å². The van der Waals surface area contributed by atoms with Gasteiger partial charge in [-0.3, -0.25) is 0 Å². The Kier molecular flexibility index (Phi) is 6.57. The van der Waals surface area contributed by atoms with Crippen molar-refractivity contribution in [3.63, 3.8) is 0 Å². The van der Waals surface area contributed by atoms with E-state index in [1.54, 1.807) is 0 Å².